The van der Waals surface area contributed by atoms with Gasteiger partial charge < -0.3 is 20.7 Å². The number of imide groups is 1. The fraction of sp³-hybridized carbons (Fsp3) is 0.278. The number of halogens is 2. The Hall–Kier alpha value is -3.43. The average Bonchev–Trinajstić information content (AvgIpc) is 2.95. The number of carbonyl (C=O) groups is 2. The highest BCUT2D eigenvalue weighted by atomic mass is 19.3. The van der Waals surface area contributed by atoms with Crippen molar-refractivity contribution >= 4 is 17.9 Å². The highest BCUT2D eigenvalue weighted by Crippen LogP contribution is 2.19. The minimum atomic E-state index is -2.87. The second kappa shape index (κ2) is 8.98. The summed E-state index contributed by atoms with van der Waals surface area (Å²) in [5, 5.41) is 2.47. The quantitative estimate of drug-likeness (QED) is 0.776. The number of hydrogen-bond donors (Lipinski definition) is 2. The summed E-state index contributed by atoms with van der Waals surface area (Å²) < 4.78 is 28.6. The van der Waals surface area contributed by atoms with Crippen LogP contribution in [0.1, 0.15) is 12.0 Å². The van der Waals surface area contributed by atoms with Gasteiger partial charge in [-0.3, -0.25) is 0 Å². The molecule has 0 aromatic heterocycles. The summed E-state index contributed by atoms with van der Waals surface area (Å²) in [6.07, 6.45) is 2.08. The fourth-order valence-electron chi connectivity index (χ4n) is 2.38. The van der Waals surface area contributed by atoms with E-state index in [1.54, 1.807) is 12.1 Å². The van der Waals surface area contributed by atoms with Gasteiger partial charge in [0, 0.05) is 26.0 Å². The first kappa shape index (κ1) is 20.9. The third-order valence-electron chi connectivity index (χ3n) is 3.75. The van der Waals surface area contributed by atoms with Crippen molar-refractivity contribution in [3.05, 3.63) is 54.0 Å². The largest absolute Gasteiger partial charge is 0.435 e. The molecule has 1 fully saturated rings. The first-order valence-corrected chi connectivity index (χ1v) is 8.27. The summed E-state index contributed by atoms with van der Waals surface area (Å²) in [7, 11) is 3.02. The monoisotopic (exact) mass is 393 g/mol. The zero-order valence-electron chi connectivity index (χ0n) is 15.5. The standard InChI is InChI=1S/C18H21F2N5O3/c1-11(4-5-12-6-8-13(9-7-12)28-16(19)20)22-15-14(10-21)23-17(26)25(15)18(27)24(2)3/h6-10,16H,1,4-5,21H2,2-3H3,(H,23,26)/b14-10+,22-15+. The summed E-state index contributed by atoms with van der Waals surface area (Å²) in [5.74, 6) is 0.140. The molecular formula is C18H21F2N5O3. The van der Waals surface area contributed by atoms with Crippen LogP contribution in [0.2, 0.25) is 0 Å². The predicted octanol–water partition coefficient (Wildman–Crippen LogP) is 2.64. The molecule has 150 valence electrons. The zero-order chi connectivity index (χ0) is 20.8. The Morgan fingerprint density at radius 3 is 2.57 bits per heavy atom. The van der Waals surface area contributed by atoms with E-state index in [9.17, 15) is 18.4 Å². The second-order valence-corrected chi connectivity index (χ2v) is 6.05. The molecule has 2 rings (SSSR count). The van der Waals surface area contributed by atoms with E-state index < -0.39 is 18.7 Å². The predicted molar refractivity (Wildman–Crippen MR) is 99.7 cm³/mol. The molecule has 1 aliphatic heterocycles. The molecule has 1 aromatic carbocycles. The number of ether oxygens (including phenoxy) is 1. The highest BCUT2D eigenvalue weighted by Gasteiger charge is 2.37. The zero-order valence-corrected chi connectivity index (χ0v) is 15.5. The minimum Gasteiger partial charge on any atom is -0.435 e. The third kappa shape index (κ3) is 5.06. The van der Waals surface area contributed by atoms with Crippen LogP contribution in [0.3, 0.4) is 0 Å². The van der Waals surface area contributed by atoms with Crippen LogP contribution in [-0.4, -0.2) is 48.4 Å². The number of alkyl halides is 2. The number of benzene rings is 1. The number of nitrogens with two attached hydrogens (primary N) is 1. The molecule has 1 heterocycles. The number of urea groups is 2. The summed E-state index contributed by atoms with van der Waals surface area (Å²) in [6, 6.07) is 4.98. The maximum Gasteiger partial charge on any atom is 0.387 e. The normalized spacial score (nSPS) is 16.6. The summed E-state index contributed by atoms with van der Waals surface area (Å²) in [5.41, 5.74) is 6.99. The Kier molecular flexibility index (Phi) is 6.69. The van der Waals surface area contributed by atoms with E-state index in [2.05, 4.69) is 21.6 Å². The molecule has 1 saturated heterocycles. The van der Waals surface area contributed by atoms with E-state index in [-0.39, 0.29) is 17.3 Å². The lowest BCUT2D eigenvalue weighted by Gasteiger charge is -2.18. The van der Waals surface area contributed by atoms with Crippen LogP contribution in [0, 0.1) is 0 Å². The van der Waals surface area contributed by atoms with Crippen LogP contribution in [0.15, 0.2) is 53.4 Å². The Labute approximate surface area is 160 Å². The molecule has 8 nitrogen and oxygen atoms in total. The molecule has 0 bridgehead atoms. The second-order valence-electron chi connectivity index (χ2n) is 6.05. The lowest BCUT2D eigenvalue weighted by molar-refractivity contribution is -0.0498. The van der Waals surface area contributed by atoms with Gasteiger partial charge in [0.05, 0.1) is 0 Å². The Balaban J connectivity index is 2.09. The van der Waals surface area contributed by atoms with Crippen molar-refractivity contribution in [2.75, 3.05) is 14.1 Å². The maximum atomic E-state index is 12.2. The smallest absolute Gasteiger partial charge is 0.387 e. The SMILES string of the molecule is C=C(CCc1ccc(OC(F)F)cc1)/N=C1\C(=C/N)NC(=O)N1C(=O)N(C)C. The number of amidine groups is 1. The van der Waals surface area contributed by atoms with E-state index in [1.807, 2.05) is 0 Å². The minimum absolute atomic E-state index is 0.0666. The third-order valence-corrected chi connectivity index (χ3v) is 3.75. The highest BCUT2D eigenvalue weighted by molar-refractivity contribution is 6.23. The van der Waals surface area contributed by atoms with Gasteiger partial charge in [-0.2, -0.15) is 13.7 Å². The molecule has 4 amide bonds. The number of allylic oxidation sites excluding steroid dienone is 1. The van der Waals surface area contributed by atoms with Crippen molar-refractivity contribution in [1.82, 2.24) is 15.1 Å². The molecule has 10 heteroatoms. The molecule has 3 N–H and O–H groups in total. The Morgan fingerprint density at radius 2 is 2.04 bits per heavy atom. The van der Waals surface area contributed by atoms with Crippen molar-refractivity contribution in [2.24, 2.45) is 10.7 Å². The molecule has 0 aliphatic carbocycles. The summed E-state index contributed by atoms with van der Waals surface area (Å²) in [6.45, 7) is 0.979. The summed E-state index contributed by atoms with van der Waals surface area (Å²) in [4.78, 5) is 30.7. The van der Waals surface area contributed by atoms with E-state index in [0.717, 1.165) is 16.7 Å². The lowest BCUT2D eigenvalue weighted by atomic mass is 10.1. The molecule has 0 atom stereocenters. The topological polar surface area (TPSA) is 100 Å². The summed E-state index contributed by atoms with van der Waals surface area (Å²) >= 11 is 0. The first-order valence-electron chi connectivity index (χ1n) is 8.27. The number of carbonyl (C=O) groups excluding carboxylic acids is 2. The maximum absolute atomic E-state index is 12.2. The van der Waals surface area contributed by atoms with Gasteiger partial charge in [0.2, 0.25) is 0 Å². The van der Waals surface area contributed by atoms with E-state index >= 15 is 0 Å². The van der Waals surface area contributed by atoms with Crippen LogP contribution in [0.5, 0.6) is 5.75 Å². The molecule has 0 unspecified atom stereocenters. The van der Waals surface area contributed by atoms with Gasteiger partial charge in [0.15, 0.2) is 5.84 Å². The fourth-order valence-corrected chi connectivity index (χ4v) is 2.38. The van der Waals surface area contributed by atoms with Crippen molar-refractivity contribution in [3.63, 3.8) is 0 Å². The molecule has 0 spiro atoms. The van der Waals surface area contributed by atoms with Crippen LogP contribution < -0.4 is 15.8 Å². The van der Waals surface area contributed by atoms with Gasteiger partial charge in [-0.1, -0.05) is 18.7 Å². The van der Waals surface area contributed by atoms with Crippen LogP contribution in [-0.2, 0) is 6.42 Å². The number of nitrogens with zero attached hydrogens (tertiary/aromatic N) is 3. The van der Waals surface area contributed by atoms with Gasteiger partial charge in [-0.15, -0.1) is 0 Å². The molecule has 0 saturated carbocycles. The number of aryl methyl sites for hydroxylation is 1. The Morgan fingerprint density at radius 1 is 1.39 bits per heavy atom. The molecular weight excluding hydrogens is 372 g/mol. The van der Waals surface area contributed by atoms with E-state index in [4.69, 9.17) is 5.73 Å². The van der Waals surface area contributed by atoms with Gasteiger partial charge in [0.1, 0.15) is 11.4 Å². The van der Waals surface area contributed by atoms with Crippen molar-refractivity contribution < 1.29 is 23.1 Å². The van der Waals surface area contributed by atoms with Gasteiger partial charge >= 0.3 is 18.7 Å². The lowest BCUT2D eigenvalue weighted by Crippen LogP contribution is -2.43. The van der Waals surface area contributed by atoms with Crippen molar-refractivity contribution in [1.29, 1.82) is 0 Å². The van der Waals surface area contributed by atoms with Crippen LogP contribution in [0.4, 0.5) is 18.4 Å². The number of hydrogen-bond acceptors (Lipinski definition) is 5. The molecule has 1 aliphatic rings. The van der Waals surface area contributed by atoms with Crippen molar-refractivity contribution in [2.45, 2.75) is 19.5 Å². The molecule has 0 radical (unpaired) electrons. The first-order chi connectivity index (χ1) is 13.2. The van der Waals surface area contributed by atoms with E-state index in [0.29, 0.717) is 18.5 Å². The van der Waals surface area contributed by atoms with Crippen LogP contribution in [0.25, 0.3) is 0 Å². The number of aliphatic imine (C=N–C) groups is 1. The van der Waals surface area contributed by atoms with E-state index in [1.165, 1.54) is 31.1 Å². The van der Waals surface area contributed by atoms with Gasteiger partial charge in [-0.05, 0) is 30.5 Å². The number of amides is 4. The molecule has 28 heavy (non-hydrogen) atoms. The average molecular weight is 393 g/mol. The van der Waals surface area contributed by atoms with Gasteiger partial charge in [-0.25, -0.2) is 14.6 Å². The van der Waals surface area contributed by atoms with Crippen LogP contribution >= 0.6 is 0 Å². The Bertz CT molecular complexity index is 819. The number of nitrogens with one attached hydrogen (secondary N) is 1. The number of rotatable bonds is 6. The van der Waals surface area contributed by atoms with Crippen molar-refractivity contribution in [3.8, 4) is 5.75 Å². The van der Waals surface area contributed by atoms with Gasteiger partial charge in [0.25, 0.3) is 0 Å². The molecule has 1 aromatic rings.